The van der Waals surface area contributed by atoms with Crippen LogP contribution in [0.15, 0.2) is 53.0 Å². The number of carboxylic acids is 1. The first-order valence-electron chi connectivity index (χ1n) is 5.80. The largest absolute Gasteiger partial charge is 0.479 e. The van der Waals surface area contributed by atoms with Crippen LogP contribution < -0.4 is 0 Å². The van der Waals surface area contributed by atoms with Crippen molar-refractivity contribution in [2.75, 3.05) is 0 Å². The summed E-state index contributed by atoms with van der Waals surface area (Å²) in [6.45, 7) is 0. The number of hydrogen-bond donors (Lipinski definition) is 2. The van der Waals surface area contributed by atoms with E-state index in [1.54, 1.807) is 36.4 Å². The third kappa shape index (κ3) is 3.12. The maximum atomic E-state index is 12.3. The molecule has 2 rings (SSSR count). The zero-order valence-corrected chi connectivity index (χ0v) is 11.9. The standard InChI is InChI=1S/C15H11BrO4/c16-12-6-4-9(5-7-12)13(17)10-2-1-3-11(8-10)14(18)15(19)20/h1-8,14,18H,(H,19,20). The topological polar surface area (TPSA) is 74.6 Å². The molecule has 20 heavy (non-hydrogen) atoms. The van der Waals surface area contributed by atoms with Gasteiger partial charge >= 0.3 is 5.97 Å². The Kier molecular flexibility index (Phi) is 4.32. The predicted molar refractivity (Wildman–Crippen MR) is 76.6 cm³/mol. The number of carboxylic acid groups (broad SMARTS) is 1. The van der Waals surface area contributed by atoms with Crippen LogP contribution in [-0.2, 0) is 4.79 Å². The molecule has 0 aliphatic carbocycles. The Morgan fingerprint density at radius 2 is 1.65 bits per heavy atom. The second kappa shape index (κ2) is 5.98. The molecule has 0 aliphatic heterocycles. The fourth-order valence-electron chi connectivity index (χ4n) is 1.76. The van der Waals surface area contributed by atoms with Crippen LogP contribution in [0.25, 0.3) is 0 Å². The Hall–Kier alpha value is -1.98. The number of aliphatic hydroxyl groups is 1. The smallest absolute Gasteiger partial charge is 0.337 e. The van der Waals surface area contributed by atoms with Crippen LogP contribution in [0.5, 0.6) is 0 Å². The highest BCUT2D eigenvalue weighted by Gasteiger charge is 2.17. The lowest BCUT2D eigenvalue weighted by atomic mass is 9.99. The summed E-state index contributed by atoms with van der Waals surface area (Å²) in [6.07, 6.45) is -1.63. The molecule has 0 aromatic heterocycles. The lowest BCUT2D eigenvalue weighted by Gasteiger charge is -2.08. The summed E-state index contributed by atoms with van der Waals surface area (Å²) in [5.41, 5.74) is 1.01. The van der Waals surface area contributed by atoms with E-state index >= 15 is 0 Å². The van der Waals surface area contributed by atoms with Crippen LogP contribution in [0.3, 0.4) is 0 Å². The first kappa shape index (κ1) is 14.4. The molecule has 1 unspecified atom stereocenters. The van der Waals surface area contributed by atoms with Gasteiger partial charge in [-0.2, -0.15) is 0 Å². The maximum Gasteiger partial charge on any atom is 0.337 e. The fourth-order valence-corrected chi connectivity index (χ4v) is 2.02. The van der Waals surface area contributed by atoms with Crippen molar-refractivity contribution in [3.63, 3.8) is 0 Å². The first-order valence-corrected chi connectivity index (χ1v) is 6.59. The van der Waals surface area contributed by atoms with Gasteiger partial charge in [0.05, 0.1) is 0 Å². The van der Waals surface area contributed by atoms with Gasteiger partial charge in [0.15, 0.2) is 11.9 Å². The molecule has 2 N–H and O–H groups in total. The van der Waals surface area contributed by atoms with E-state index in [1.807, 2.05) is 0 Å². The summed E-state index contributed by atoms with van der Waals surface area (Å²) in [5.74, 6) is -1.57. The molecule has 4 nitrogen and oxygen atoms in total. The van der Waals surface area contributed by atoms with Gasteiger partial charge in [-0.1, -0.05) is 34.1 Å². The molecule has 0 heterocycles. The molecule has 0 aliphatic rings. The van der Waals surface area contributed by atoms with Crippen LogP contribution in [-0.4, -0.2) is 22.0 Å². The molecule has 0 radical (unpaired) electrons. The number of halogens is 1. The van der Waals surface area contributed by atoms with Crippen molar-refractivity contribution in [2.24, 2.45) is 0 Å². The average Bonchev–Trinajstić information content (AvgIpc) is 2.46. The highest BCUT2D eigenvalue weighted by molar-refractivity contribution is 9.10. The third-order valence-corrected chi connectivity index (χ3v) is 3.33. The number of rotatable bonds is 4. The number of aliphatic hydroxyl groups excluding tert-OH is 1. The van der Waals surface area contributed by atoms with Gasteiger partial charge in [-0.15, -0.1) is 0 Å². The van der Waals surface area contributed by atoms with Crippen molar-refractivity contribution in [1.82, 2.24) is 0 Å². The Morgan fingerprint density at radius 3 is 2.25 bits per heavy atom. The van der Waals surface area contributed by atoms with Gasteiger partial charge in [0.2, 0.25) is 0 Å². The summed E-state index contributed by atoms with van der Waals surface area (Å²) in [4.78, 5) is 23.0. The van der Waals surface area contributed by atoms with Crippen LogP contribution in [0.1, 0.15) is 27.6 Å². The van der Waals surface area contributed by atoms with Crippen LogP contribution in [0.4, 0.5) is 0 Å². The molecule has 0 saturated carbocycles. The Balaban J connectivity index is 2.33. The van der Waals surface area contributed by atoms with Crippen molar-refractivity contribution in [2.45, 2.75) is 6.10 Å². The summed E-state index contributed by atoms with van der Waals surface area (Å²) < 4.78 is 0.865. The quantitative estimate of drug-likeness (QED) is 0.843. The summed E-state index contributed by atoms with van der Waals surface area (Å²) in [7, 11) is 0. The molecule has 0 bridgehead atoms. The van der Waals surface area contributed by atoms with Gasteiger partial charge in [-0.05, 0) is 35.9 Å². The number of hydrogen-bond acceptors (Lipinski definition) is 3. The summed E-state index contributed by atoms with van der Waals surface area (Å²) >= 11 is 3.29. The van der Waals surface area contributed by atoms with Gasteiger partial charge in [0.1, 0.15) is 0 Å². The fraction of sp³-hybridized carbons (Fsp3) is 0.0667. The minimum atomic E-state index is -1.63. The molecule has 5 heteroatoms. The molecule has 0 fully saturated rings. The molecule has 2 aromatic carbocycles. The Morgan fingerprint density at radius 1 is 1.00 bits per heavy atom. The van der Waals surface area contributed by atoms with E-state index in [-0.39, 0.29) is 11.3 Å². The van der Waals surface area contributed by atoms with E-state index in [0.717, 1.165) is 4.47 Å². The average molecular weight is 335 g/mol. The lowest BCUT2D eigenvalue weighted by molar-refractivity contribution is -0.146. The van der Waals surface area contributed by atoms with Crippen LogP contribution in [0.2, 0.25) is 0 Å². The van der Waals surface area contributed by atoms with E-state index < -0.39 is 12.1 Å². The molecule has 0 saturated heterocycles. The minimum absolute atomic E-state index is 0.181. The lowest BCUT2D eigenvalue weighted by Crippen LogP contribution is -2.11. The zero-order valence-electron chi connectivity index (χ0n) is 10.3. The predicted octanol–water partition coefficient (Wildman–Crippen LogP) is 2.80. The van der Waals surface area contributed by atoms with Gasteiger partial charge in [-0.3, -0.25) is 4.79 Å². The molecule has 0 amide bonds. The van der Waals surface area contributed by atoms with E-state index in [2.05, 4.69) is 15.9 Å². The number of carbonyl (C=O) groups is 2. The third-order valence-electron chi connectivity index (χ3n) is 2.80. The summed E-state index contributed by atoms with van der Waals surface area (Å²) in [5, 5.41) is 18.3. The molecular weight excluding hydrogens is 324 g/mol. The number of carbonyl (C=O) groups excluding carboxylic acids is 1. The van der Waals surface area contributed by atoms with E-state index in [1.165, 1.54) is 12.1 Å². The monoisotopic (exact) mass is 334 g/mol. The SMILES string of the molecule is O=C(c1ccc(Br)cc1)c1cccc(C(O)C(=O)O)c1. The van der Waals surface area contributed by atoms with Crippen molar-refractivity contribution in [1.29, 1.82) is 0 Å². The van der Waals surface area contributed by atoms with E-state index in [4.69, 9.17) is 5.11 Å². The highest BCUT2D eigenvalue weighted by atomic mass is 79.9. The summed E-state index contributed by atoms with van der Waals surface area (Å²) in [6, 6.07) is 12.8. The van der Waals surface area contributed by atoms with E-state index in [0.29, 0.717) is 11.1 Å². The second-order valence-electron chi connectivity index (χ2n) is 4.20. The normalized spacial score (nSPS) is 11.9. The minimum Gasteiger partial charge on any atom is -0.479 e. The van der Waals surface area contributed by atoms with E-state index in [9.17, 15) is 14.7 Å². The van der Waals surface area contributed by atoms with Crippen LogP contribution in [0, 0.1) is 0 Å². The number of aliphatic carboxylic acids is 1. The van der Waals surface area contributed by atoms with Gasteiger partial charge < -0.3 is 10.2 Å². The van der Waals surface area contributed by atoms with Gasteiger partial charge in [0, 0.05) is 15.6 Å². The second-order valence-corrected chi connectivity index (χ2v) is 5.12. The Bertz CT molecular complexity index is 649. The molecular formula is C15H11BrO4. The number of benzene rings is 2. The van der Waals surface area contributed by atoms with Crippen molar-refractivity contribution in [3.8, 4) is 0 Å². The Labute approximate surface area is 123 Å². The van der Waals surface area contributed by atoms with Gasteiger partial charge in [0.25, 0.3) is 0 Å². The van der Waals surface area contributed by atoms with Gasteiger partial charge in [-0.25, -0.2) is 4.79 Å². The zero-order chi connectivity index (χ0) is 14.7. The van der Waals surface area contributed by atoms with Crippen LogP contribution >= 0.6 is 15.9 Å². The van der Waals surface area contributed by atoms with Crippen molar-refractivity contribution in [3.05, 3.63) is 69.7 Å². The highest BCUT2D eigenvalue weighted by Crippen LogP contribution is 2.18. The number of ketones is 1. The van der Waals surface area contributed by atoms with Crippen molar-refractivity contribution < 1.29 is 19.8 Å². The molecule has 2 aromatic rings. The first-order chi connectivity index (χ1) is 9.49. The maximum absolute atomic E-state index is 12.3. The van der Waals surface area contributed by atoms with Crippen molar-refractivity contribution >= 4 is 27.7 Å². The molecule has 102 valence electrons. The molecule has 0 spiro atoms. The molecule has 1 atom stereocenters.